The molecule has 138 valence electrons. The number of hydrogen-bond donors (Lipinski definition) is 0. The molecule has 0 N–H and O–H groups in total. The van der Waals surface area contributed by atoms with E-state index in [-0.39, 0.29) is 16.2 Å². The van der Waals surface area contributed by atoms with Gasteiger partial charge in [0.2, 0.25) is 0 Å². The molecule has 0 atom stereocenters. The number of alkyl halides is 2. The summed E-state index contributed by atoms with van der Waals surface area (Å²) in [6.45, 7) is 0. The number of ether oxygens (including phenoxy) is 1. The summed E-state index contributed by atoms with van der Waals surface area (Å²) in [5.74, 6) is 0.182. The van der Waals surface area contributed by atoms with Crippen LogP contribution in [0.25, 0.3) is 11.1 Å². The minimum atomic E-state index is -3.24. The second kappa shape index (κ2) is 7.19. The van der Waals surface area contributed by atoms with Gasteiger partial charge in [-0.05, 0) is 65.8 Å². The molecule has 0 amide bonds. The highest BCUT2D eigenvalue weighted by Crippen LogP contribution is 2.42. The average molecular weight is 378 g/mol. The van der Waals surface area contributed by atoms with E-state index in [0.717, 1.165) is 41.5 Å². The lowest BCUT2D eigenvalue weighted by atomic mass is 9.95. The zero-order valence-corrected chi connectivity index (χ0v) is 15.4. The second-order valence-corrected chi connectivity index (χ2v) is 8.38. The van der Waals surface area contributed by atoms with E-state index in [1.54, 1.807) is 36.4 Å². The predicted molar refractivity (Wildman–Crippen MR) is 98.2 cm³/mol. The number of benzene rings is 2. The van der Waals surface area contributed by atoms with Gasteiger partial charge in [-0.3, -0.25) is 0 Å². The average Bonchev–Trinajstić information content (AvgIpc) is 3.10. The van der Waals surface area contributed by atoms with Crippen molar-refractivity contribution in [3.63, 3.8) is 0 Å². The van der Waals surface area contributed by atoms with Gasteiger partial charge in [0.25, 0.3) is 6.43 Å². The van der Waals surface area contributed by atoms with Gasteiger partial charge in [0.05, 0.1) is 17.6 Å². The fourth-order valence-corrected chi connectivity index (χ4v) is 4.01. The van der Waals surface area contributed by atoms with Crippen LogP contribution < -0.4 is 4.74 Å². The first-order valence-corrected chi connectivity index (χ1v) is 10.2. The molecule has 0 heterocycles. The van der Waals surface area contributed by atoms with Crippen LogP contribution in [0.2, 0.25) is 0 Å². The third-order valence-electron chi connectivity index (χ3n) is 4.66. The molecular weight excluding hydrogens is 358 g/mol. The Morgan fingerprint density at radius 1 is 0.962 bits per heavy atom. The first kappa shape index (κ1) is 18.6. The number of hydrogen-bond acceptors (Lipinski definition) is 3. The van der Waals surface area contributed by atoms with Crippen molar-refractivity contribution in [2.24, 2.45) is 0 Å². The zero-order chi connectivity index (χ0) is 18.9. The van der Waals surface area contributed by atoms with Crippen LogP contribution >= 0.6 is 0 Å². The van der Waals surface area contributed by atoms with Crippen molar-refractivity contribution in [2.75, 3.05) is 13.4 Å². The van der Waals surface area contributed by atoms with Gasteiger partial charge in [-0.25, -0.2) is 17.2 Å². The maximum absolute atomic E-state index is 13.3. The Balaban J connectivity index is 2.05. The molecule has 0 aliphatic heterocycles. The topological polar surface area (TPSA) is 43.4 Å². The third-order valence-corrected chi connectivity index (χ3v) is 5.79. The molecule has 26 heavy (non-hydrogen) atoms. The van der Waals surface area contributed by atoms with Gasteiger partial charge in [-0.2, -0.15) is 0 Å². The van der Waals surface area contributed by atoms with E-state index in [1.807, 2.05) is 0 Å². The summed E-state index contributed by atoms with van der Waals surface area (Å²) in [6, 6.07) is 11.6. The van der Waals surface area contributed by atoms with Gasteiger partial charge in [0.15, 0.2) is 9.84 Å². The third kappa shape index (κ3) is 3.65. The van der Waals surface area contributed by atoms with Crippen LogP contribution in [0, 0.1) is 0 Å². The molecule has 3 nitrogen and oxygen atoms in total. The molecule has 0 saturated heterocycles. The number of allylic oxidation sites excluding steroid dienone is 2. The van der Waals surface area contributed by atoms with E-state index in [1.165, 1.54) is 19.4 Å². The van der Waals surface area contributed by atoms with Gasteiger partial charge in [-0.1, -0.05) is 18.2 Å². The highest BCUT2D eigenvalue weighted by Gasteiger charge is 2.21. The summed E-state index contributed by atoms with van der Waals surface area (Å²) >= 11 is 0. The molecule has 1 aliphatic rings. The molecular formula is C20H20F2O3S. The van der Waals surface area contributed by atoms with Crippen LogP contribution in [-0.4, -0.2) is 21.8 Å². The first-order chi connectivity index (χ1) is 12.3. The van der Waals surface area contributed by atoms with Gasteiger partial charge in [-0.15, -0.1) is 0 Å². The second-order valence-electron chi connectivity index (χ2n) is 6.36. The summed E-state index contributed by atoms with van der Waals surface area (Å²) in [6.07, 6.45) is 1.14. The van der Waals surface area contributed by atoms with Crippen molar-refractivity contribution >= 4 is 21.0 Å². The summed E-state index contributed by atoms with van der Waals surface area (Å²) in [4.78, 5) is 0.269. The van der Waals surface area contributed by atoms with E-state index in [9.17, 15) is 17.2 Å². The standard InChI is InChI=1S/C20H20F2O3S/c1-25-19-11-8-14(12-18(19)20(21)22)17-5-3-4-16(17)13-6-9-15(10-7-13)26(2,23)24/h6-12,20H,3-5H2,1-2H3. The van der Waals surface area contributed by atoms with E-state index < -0.39 is 16.3 Å². The SMILES string of the molecule is COc1ccc(C2=C(c3ccc(S(C)(=O)=O)cc3)CCC2)cc1C(F)F. The fourth-order valence-electron chi connectivity index (χ4n) is 3.38. The van der Waals surface area contributed by atoms with Crippen LogP contribution in [-0.2, 0) is 9.84 Å². The van der Waals surface area contributed by atoms with E-state index >= 15 is 0 Å². The minimum Gasteiger partial charge on any atom is -0.496 e. The molecule has 0 fully saturated rings. The number of methoxy groups -OCH3 is 1. The molecule has 0 spiro atoms. The van der Waals surface area contributed by atoms with Gasteiger partial charge in [0.1, 0.15) is 5.75 Å². The predicted octanol–water partition coefficient (Wildman–Crippen LogP) is 5.13. The zero-order valence-electron chi connectivity index (χ0n) is 14.6. The van der Waals surface area contributed by atoms with E-state index in [2.05, 4.69) is 0 Å². The molecule has 2 aromatic carbocycles. The van der Waals surface area contributed by atoms with Crippen LogP contribution in [0.15, 0.2) is 47.4 Å². The van der Waals surface area contributed by atoms with Crippen molar-refractivity contribution in [1.29, 1.82) is 0 Å². The smallest absolute Gasteiger partial charge is 0.267 e. The molecule has 6 heteroatoms. The monoisotopic (exact) mass is 378 g/mol. The largest absolute Gasteiger partial charge is 0.496 e. The summed E-state index contributed by atoms with van der Waals surface area (Å²) < 4.78 is 54.9. The van der Waals surface area contributed by atoms with Crippen molar-refractivity contribution in [2.45, 2.75) is 30.6 Å². The number of rotatable bonds is 5. The van der Waals surface area contributed by atoms with Crippen LogP contribution in [0.3, 0.4) is 0 Å². The van der Waals surface area contributed by atoms with Crippen molar-refractivity contribution in [3.05, 3.63) is 59.2 Å². The van der Waals surface area contributed by atoms with Crippen LogP contribution in [0.1, 0.15) is 42.4 Å². The molecule has 0 unspecified atom stereocenters. The normalized spacial score (nSPS) is 15.0. The molecule has 0 bridgehead atoms. The minimum absolute atomic E-state index is 0.115. The lowest BCUT2D eigenvalue weighted by molar-refractivity contribution is 0.147. The van der Waals surface area contributed by atoms with Gasteiger partial charge in [0, 0.05) is 6.26 Å². The lowest BCUT2D eigenvalue weighted by Gasteiger charge is -2.13. The molecule has 2 aromatic rings. The van der Waals surface area contributed by atoms with Crippen molar-refractivity contribution in [1.82, 2.24) is 0 Å². The van der Waals surface area contributed by atoms with Crippen LogP contribution in [0.5, 0.6) is 5.75 Å². The highest BCUT2D eigenvalue weighted by atomic mass is 32.2. The number of halogens is 2. The Bertz CT molecular complexity index is 946. The number of sulfone groups is 1. The molecule has 0 saturated carbocycles. The fraction of sp³-hybridized carbons (Fsp3) is 0.300. The Labute approximate surface area is 152 Å². The molecule has 3 rings (SSSR count). The Morgan fingerprint density at radius 2 is 1.54 bits per heavy atom. The molecule has 1 aliphatic carbocycles. The first-order valence-electron chi connectivity index (χ1n) is 8.30. The van der Waals surface area contributed by atoms with Crippen LogP contribution in [0.4, 0.5) is 8.78 Å². The van der Waals surface area contributed by atoms with Gasteiger partial charge < -0.3 is 4.74 Å². The maximum atomic E-state index is 13.3. The summed E-state index contributed by atoms with van der Waals surface area (Å²) in [7, 11) is -1.87. The Morgan fingerprint density at radius 3 is 2.08 bits per heavy atom. The van der Waals surface area contributed by atoms with E-state index in [4.69, 9.17) is 4.74 Å². The molecule has 0 aromatic heterocycles. The van der Waals surface area contributed by atoms with Crippen molar-refractivity contribution in [3.8, 4) is 5.75 Å². The summed E-state index contributed by atoms with van der Waals surface area (Å²) in [5, 5.41) is 0. The van der Waals surface area contributed by atoms with E-state index in [0.29, 0.717) is 0 Å². The highest BCUT2D eigenvalue weighted by molar-refractivity contribution is 7.90. The van der Waals surface area contributed by atoms with Crippen molar-refractivity contribution < 1.29 is 21.9 Å². The lowest BCUT2D eigenvalue weighted by Crippen LogP contribution is -1.97. The van der Waals surface area contributed by atoms with Gasteiger partial charge >= 0.3 is 0 Å². The quantitative estimate of drug-likeness (QED) is 0.724. The Kier molecular flexibility index (Phi) is 5.14. The Hall–Kier alpha value is -2.21. The maximum Gasteiger partial charge on any atom is 0.267 e. The molecule has 0 radical (unpaired) electrons. The summed E-state index contributed by atoms with van der Waals surface area (Å²) in [5.41, 5.74) is 3.69.